The molecule has 1 aliphatic rings. The maximum absolute atomic E-state index is 15.5. The van der Waals surface area contributed by atoms with Gasteiger partial charge in [-0.2, -0.15) is 0 Å². The van der Waals surface area contributed by atoms with E-state index in [2.05, 4.69) is 0 Å². The van der Waals surface area contributed by atoms with E-state index >= 15 is 4.39 Å². The Morgan fingerprint density at radius 2 is 1.74 bits per heavy atom. The minimum Gasteiger partial charge on any atom is -0.479 e. The summed E-state index contributed by atoms with van der Waals surface area (Å²) in [6.45, 7) is 10.1. The van der Waals surface area contributed by atoms with Gasteiger partial charge in [0.2, 0.25) is 10.0 Å². The monoisotopic (exact) mass is 555 g/mol. The minimum absolute atomic E-state index is 0.0950. The molecule has 0 saturated carbocycles. The maximum atomic E-state index is 15.5. The number of halogens is 1. The van der Waals surface area contributed by atoms with Gasteiger partial charge < -0.3 is 14.9 Å². The zero-order valence-corrected chi connectivity index (χ0v) is 24.0. The number of aliphatic hydroxyl groups excluding tert-OH is 1. The zero-order chi connectivity index (χ0) is 29.0. The number of benzene rings is 3. The highest BCUT2D eigenvalue weighted by atomic mass is 32.2. The lowest BCUT2D eigenvalue weighted by Crippen LogP contribution is -2.35. The van der Waals surface area contributed by atoms with Crippen LogP contribution in [-0.4, -0.2) is 36.5 Å². The first kappa shape index (κ1) is 28.7. The molecular formula is C30H34FNO6S. The molecule has 9 heteroatoms. The average Bonchev–Trinajstić information content (AvgIpc) is 2.83. The molecule has 0 fully saturated rings. The molecule has 0 amide bonds. The van der Waals surface area contributed by atoms with Gasteiger partial charge in [-0.3, -0.25) is 4.31 Å². The summed E-state index contributed by atoms with van der Waals surface area (Å²) in [5, 5.41) is 20.7. The predicted molar refractivity (Wildman–Crippen MR) is 150 cm³/mol. The van der Waals surface area contributed by atoms with Crippen molar-refractivity contribution in [3.8, 4) is 22.3 Å². The number of aliphatic hydroxyl groups is 1. The first-order valence-corrected chi connectivity index (χ1v) is 14.5. The number of anilines is 1. The van der Waals surface area contributed by atoms with Crippen LogP contribution in [0.15, 0.2) is 36.4 Å². The summed E-state index contributed by atoms with van der Waals surface area (Å²) in [6, 6.07) is 10.0. The fourth-order valence-electron chi connectivity index (χ4n) is 5.48. The van der Waals surface area contributed by atoms with E-state index in [1.54, 1.807) is 52.8 Å². The summed E-state index contributed by atoms with van der Waals surface area (Å²) < 4.78 is 49.0. The second-order valence-electron chi connectivity index (χ2n) is 11.1. The van der Waals surface area contributed by atoms with Crippen molar-refractivity contribution in [1.29, 1.82) is 0 Å². The number of carbonyl (C=O) groups is 1. The van der Waals surface area contributed by atoms with Crippen LogP contribution in [0.1, 0.15) is 60.3 Å². The summed E-state index contributed by atoms with van der Waals surface area (Å²) in [5.74, 6) is -1.75. The Morgan fingerprint density at radius 1 is 1.08 bits per heavy atom. The Labute approximate surface area is 228 Å². The Morgan fingerprint density at radius 3 is 2.31 bits per heavy atom. The molecule has 4 rings (SSSR count). The molecular weight excluding hydrogens is 521 g/mol. The molecule has 208 valence electrons. The predicted octanol–water partition coefficient (Wildman–Crippen LogP) is 5.80. The normalized spacial score (nSPS) is 14.1. The molecule has 1 aliphatic heterocycles. The standard InChI is InChI=1S/C30H34FNO6S/c1-16-11-12-21(20(13-16)15-33)23-17(2)24-26-19(9-8-10-22(26)31)14-32(39(7,36)37)27(24)18(3)25(23)28(29(34)35)38-30(4,5)6/h8-13,28,33H,14-15H2,1-7H3,(H,34,35)/t28-/m0/s1. The molecule has 3 aromatic carbocycles. The van der Waals surface area contributed by atoms with Crippen molar-refractivity contribution >= 4 is 21.7 Å². The van der Waals surface area contributed by atoms with E-state index in [9.17, 15) is 23.4 Å². The van der Waals surface area contributed by atoms with E-state index in [0.717, 1.165) is 11.8 Å². The lowest BCUT2D eigenvalue weighted by molar-refractivity contribution is -0.160. The average molecular weight is 556 g/mol. The van der Waals surface area contributed by atoms with Gasteiger partial charge in [-0.1, -0.05) is 35.9 Å². The molecule has 1 heterocycles. The number of ether oxygens (including phenoxy) is 1. The van der Waals surface area contributed by atoms with E-state index in [1.165, 1.54) is 10.4 Å². The minimum atomic E-state index is -3.85. The van der Waals surface area contributed by atoms with Crippen LogP contribution in [0.5, 0.6) is 0 Å². The number of aryl methyl sites for hydroxylation is 1. The van der Waals surface area contributed by atoms with Gasteiger partial charge in [0.1, 0.15) is 5.82 Å². The van der Waals surface area contributed by atoms with Crippen molar-refractivity contribution < 1.29 is 32.6 Å². The van der Waals surface area contributed by atoms with Crippen molar-refractivity contribution in [3.63, 3.8) is 0 Å². The molecule has 0 unspecified atom stereocenters. The van der Waals surface area contributed by atoms with E-state index in [4.69, 9.17) is 4.74 Å². The van der Waals surface area contributed by atoms with Crippen LogP contribution < -0.4 is 4.31 Å². The molecule has 0 aromatic heterocycles. The van der Waals surface area contributed by atoms with E-state index in [0.29, 0.717) is 38.9 Å². The fraction of sp³-hybridized carbons (Fsp3) is 0.367. The number of aliphatic carboxylic acids is 1. The molecule has 0 spiro atoms. The van der Waals surface area contributed by atoms with Crippen LogP contribution in [0, 0.1) is 26.6 Å². The summed E-state index contributed by atoms with van der Waals surface area (Å²) in [6.07, 6.45) is -0.395. The molecule has 1 atom stereocenters. The Balaban J connectivity index is 2.28. The van der Waals surface area contributed by atoms with Gasteiger partial charge in [0.15, 0.2) is 6.10 Å². The van der Waals surface area contributed by atoms with Gasteiger partial charge in [0.25, 0.3) is 0 Å². The molecule has 0 bridgehead atoms. The molecule has 3 aromatic rings. The lowest BCUT2D eigenvalue weighted by Gasteiger charge is -2.37. The smallest absolute Gasteiger partial charge is 0.337 e. The SMILES string of the molecule is Cc1ccc(-c2c(C)c3c(c(C)c2[C@H](OC(C)(C)C)C(=O)O)N(S(C)(=O)=O)Cc2cccc(F)c2-3)c(CO)c1. The van der Waals surface area contributed by atoms with E-state index < -0.39 is 33.5 Å². The summed E-state index contributed by atoms with van der Waals surface area (Å²) in [5.41, 5.74) is 4.13. The van der Waals surface area contributed by atoms with Crippen molar-refractivity contribution in [2.45, 2.75) is 66.4 Å². The van der Waals surface area contributed by atoms with Gasteiger partial charge >= 0.3 is 5.97 Å². The van der Waals surface area contributed by atoms with Gasteiger partial charge in [-0.15, -0.1) is 0 Å². The molecule has 7 nitrogen and oxygen atoms in total. The first-order valence-electron chi connectivity index (χ1n) is 12.6. The number of fused-ring (bicyclic) bond motifs is 3. The lowest BCUT2D eigenvalue weighted by atomic mass is 9.79. The van der Waals surface area contributed by atoms with Gasteiger partial charge in [-0.05, 0) is 81.0 Å². The second-order valence-corrected chi connectivity index (χ2v) is 13.0. The van der Waals surface area contributed by atoms with Crippen LogP contribution in [0.2, 0.25) is 0 Å². The number of carboxylic acid groups (broad SMARTS) is 1. The highest BCUT2D eigenvalue weighted by Crippen LogP contribution is 2.52. The van der Waals surface area contributed by atoms with E-state index in [-0.39, 0.29) is 30.0 Å². The van der Waals surface area contributed by atoms with Crippen LogP contribution in [0.25, 0.3) is 22.3 Å². The highest BCUT2D eigenvalue weighted by Gasteiger charge is 2.39. The topological polar surface area (TPSA) is 104 Å². The van der Waals surface area contributed by atoms with Crippen LogP contribution >= 0.6 is 0 Å². The first-order chi connectivity index (χ1) is 18.1. The van der Waals surface area contributed by atoms with Gasteiger partial charge in [0.05, 0.1) is 30.7 Å². The molecule has 2 N–H and O–H groups in total. The highest BCUT2D eigenvalue weighted by molar-refractivity contribution is 7.92. The fourth-order valence-corrected chi connectivity index (χ4v) is 6.41. The largest absolute Gasteiger partial charge is 0.479 e. The number of hydrogen-bond acceptors (Lipinski definition) is 5. The third-order valence-corrected chi connectivity index (χ3v) is 8.10. The van der Waals surface area contributed by atoms with Gasteiger partial charge in [-0.25, -0.2) is 17.6 Å². The van der Waals surface area contributed by atoms with Gasteiger partial charge in [0, 0.05) is 16.7 Å². The number of sulfonamides is 1. The number of hydrogen-bond donors (Lipinski definition) is 2. The van der Waals surface area contributed by atoms with Crippen molar-refractivity contribution in [2.75, 3.05) is 10.6 Å². The maximum Gasteiger partial charge on any atom is 0.337 e. The third kappa shape index (κ3) is 5.18. The third-order valence-electron chi connectivity index (χ3n) is 6.99. The Kier molecular flexibility index (Phi) is 7.40. The van der Waals surface area contributed by atoms with Crippen LogP contribution in [0.3, 0.4) is 0 Å². The number of nitrogens with zero attached hydrogens (tertiary/aromatic N) is 1. The molecule has 0 aliphatic carbocycles. The Hall–Kier alpha value is -3.27. The van der Waals surface area contributed by atoms with Crippen molar-refractivity contribution in [2.24, 2.45) is 0 Å². The number of carboxylic acids is 1. The Bertz CT molecular complexity index is 1590. The van der Waals surface area contributed by atoms with Crippen molar-refractivity contribution in [3.05, 3.63) is 75.6 Å². The molecule has 0 radical (unpaired) electrons. The summed E-state index contributed by atoms with van der Waals surface area (Å²) in [4.78, 5) is 12.8. The van der Waals surface area contributed by atoms with Crippen molar-refractivity contribution in [1.82, 2.24) is 0 Å². The number of rotatable bonds is 6. The van der Waals surface area contributed by atoms with E-state index in [1.807, 2.05) is 19.1 Å². The van der Waals surface area contributed by atoms with Crippen LogP contribution in [-0.2, 0) is 32.7 Å². The quantitative estimate of drug-likeness (QED) is 0.399. The zero-order valence-electron chi connectivity index (χ0n) is 23.2. The summed E-state index contributed by atoms with van der Waals surface area (Å²) >= 11 is 0. The molecule has 39 heavy (non-hydrogen) atoms. The second kappa shape index (κ2) is 10.0. The van der Waals surface area contributed by atoms with Crippen LogP contribution in [0.4, 0.5) is 10.1 Å². The summed E-state index contributed by atoms with van der Waals surface area (Å²) in [7, 11) is -3.85. The molecule has 0 saturated heterocycles.